The lowest BCUT2D eigenvalue weighted by Crippen LogP contribution is -2.39. The second kappa shape index (κ2) is 9.85. The minimum absolute atomic E-state index is 0.0839. The Morgan fingerprint density at radius 3 is 2.82 bits per heavy atom. The summed E-state index contributed by atoms with van der Waals surface area (Å²) in [6, 6.07) is 9.65. The summed E-state index contributed by atoms with van der Waals surface area (Å²) in [5.41, 5.74) is 5.65. The number of aryl methyl sites for hydroxylation is 1. The Hall–Kier alpha value is -3.03. The van der Waals surface area contributed by atoms with Gasteiger partial charge in [0.2, 0.25) is 0 Å². The molecule has 1 saturated heterocycles. The standard InChI is InChI=1S/C26H33N3O4/c1-5-33-18-9-11-29(15-21-19-8-10-28-25(19)16(2)12-24(21)32-4)23(14-18)20-7-6-17(26(30)31)13-22(20)27-3/h6-8,10,12-13,18,23,27-28H,5,9,11,14-15H2,1-4H3,(H,30,31)/t18-,23+/m1/s1. The van der Waals surface area contributed by atoms with E-state index in [1.165, 1.54) is 5.39 Å². The third-order valence-electron chi connectivity index (χ3n) is 6.69. The zero-order valence-electron chi connectivity index (χ0n) is 19.8. The van der Waals surface area contributed by atoms with Gasteiger partial charge < -0.3 is 24.9 Å². The summed E-state index contributed by atoms with van der Waals surface area (Å²) in [5.74, 6) is -0.0367. The molecule has 0 saturated carbocycles. The average molecular weight is 452 g/mol. The van der Waals surface area contributed by atoms with E-state index < -0.39 is 5.97 Å². The molecule has 3 aromatic rings. The summed E-state index contributed by atoms with van der Waals surface area (Å²) < 4.78 is 11.8. The Morgan fingerprint density at radius 1 is 1.30 bits per heavy atom. The molecule has 1 aliphatic heterocycles. The first-order valence-corrected chi connectivity index (χ1v) is 11.5. The molecule has 0 bridgehead atoms. The molecular weight excluding hydrogens is 418 g/mol. The quantitative estimate of drug-likeness (QED) is 0.448. The van der Waals surface area contributed by atoms with Crippen LogP contribution in [0.2, 0.25) is 0 Å². The van der Waals surface area contributed by atoms with Gasteiger partial charge in [0.05, 0.1) is 18.8 Å². The van der Waals surface area contributed by atoms with Gasteiger partial charge in [-0.25, -0.2) is 4.79 Å². The molecule has 1 fully saturated rings. The highest BCUT2D eigenvalue weighted by molar-refractivity contribution is 5.89. The van der Waals surface area contributed by atoms with Crippen LogP contribution >= 0.6 is 0 Å². The number of carboxylic acids is 1. The summed E-state index contributed by atoms with van der Waals surface area (Å²) in [4.78, 5) is 17.3. The van der Waals surface area contributed by atoms with Crippen molar-refractivity contribution < 1.29 is 19.4 Å². The summed E-state index contributed by atoms with van der Waals surface area (Å²) in [6.07, 6.45) is 3.95. The van der Waals surface area contributed by atoms with Crippen LogP contribution < -0.4 is 10.1 Å². The molecule has 1 aromatic heterocycles. The zero-order chi connectivity index (χ0) is 23.5. The molecular formula is C26H33N3O4. The van der Waals surface area contributed by atoms with Gasteiger partial charge in [-0.05, 0) is 62.1 Å². The normalized spacial score (nSPS) is 19.0. The van der Waals surface area contributed by atoms with E-state index in [0.717, 1.165) is 59.6 Å². The van der Waals surface area contributed by atoms with E-state index in [0.29, 0.717) is 6.61 Å². The maximum Gasteiger partial charge on any atom is 0.335 e. The van der Waals surface area contributed by atoms with E-state index in [4.69, 9.17) is 9.47 Å². The maximum atomic E-state index is 11.5. The number of hydrogen-bond acceptors (Lipinski definition) is 5. The largest absolute Gasteiger partial charge is 0.496 e. The van der Waals surface area contributed by atoms with Crippen LogP contribution in [0.15, 0.2) is 36.5 Å². The van der Waals surface area contributed by atoms with Crippen molar-refractivity contribution in [2.75, 3.05) is 32.6 Å². The molecule has 176 valence electrons. The Bertz CT molecular complexity index is 1140. The highest BCUT2D eigenvalue weighted by atomic mass is 16.5. The summed E-state index contributed by atoms with van der Waals surface area (Å²) in [6.45, 7) is 6.41. The lowest BCUT2D eigenvalue weighted by Gasteiger charge is -2.40. The summed E-state index contributed by atoms with van der Waals surface area (Å²) in [7, 11) is 3.56. The second-order valence-electron chi connectivity index (χ2n) is 8.59. The fourth-order valence-electron chi connectivity index (χ4n) is 5.06. The highest BCUT2D eigenvalue weighted by Crippen LogP contribution is 2.40. The van der Waals surface area contributed by atoms with Gasteiger partial charge in [-0.2, -0.15) is 0 Å². The van der Waals surface area contributed by atoms with E-state index in [9.17, 15) is 9.90 Å². The van der Waals surface area contributed by atoms with Crippen LogP contribution in [0.5, 0.6) is 5.75 Å². The average Bonchev–Trinajstić information content (AvgIpc) is 3.32. The van der Waals surface area contributed by atoms with Crippen LogP contribution in [-0.4, -0.2) is 54.4 Å². The number of aromatic carboxylic acids is 1. The Balaban J connectivity index is 1.75. The minimum atomic E-state index is -0.926. The zero-order valence-corrected chi connectivity index (χ0v) is 19.8. The highest BCUT2D eigenvalue weighted by Gasteiger charge is 2.32. The molecule has 33 heavy (non-hydrogen) atoms. The lowest BCUT2D eigenvalue weighted by atomic mass is 9.90. The molecule has 0 spiro atoms. The number of rotatable bonds is 8. The molecule has 0 aliphatic carbocycles. The van der Waals surface area contributed by atoms with Crippen LogP contribution in [0.3, 0.4) is 0 Å². The van der Waals surface area contributed by atoms with Crippen molar-refractivity contribution in [3.05, 3.63) is 58.8 Å². The van der Waals surface area contributed by atoms with Crippen molar-refractivity contribution >= 4 is 22.6 Å². The number of ether oxygens (including phenoxy) is 2. The number of carbonyl (C=O) groups is 1. The number of aromatic amines is 1. The van der Waals surface area contributed by atoms with E-state index in [1.807, 2.05) is 26.2 Å². The predicted octanol–water partition coefficient (Wildman–Crippen LogP) is 4.97. The van der Waals surface area contributed by atoms with E-state index in [2.05, 4.69) is 34.3 Å². The maximum absolute atomic E-state index is 11.5. The number of anilines is 1. The van der Waals surface area contributed by atoms with E-state index >= 15 is 0 Å². The van der Waals surface area contributed by atoms with Gasteiger partial charge in [-0.3, -0.25) is 4.90 Å². The number of aromatic nitrogens is 1. The summed E-state index contributed by atoms with van der Waals surface area (Å²) in [5, 5.41) is 13.8. The van der Waals surface area contributed by atoms with Crippen molar-refractivity contribution in [3.8, 4) is 5.75 Å². The van der Waals surface area contributed by atoms with Gasteiger partial charge >= 0.3 is 5.97 Å². The number of H-pyrrole nitrogens is 1. The molecule has 2 aromatic carbocycles. The van der Waals surface area contributed by atoms with Crippen molar-refractivity contribution in [1.82, 2.24) is 9.88 Å². The number of methoxy groups -OCH3 is 1. The first-order valence-electron chi connectivity index (χ1n) is 11.5. The van der Waals surface area contributed by atoms with Crippen molar-refractivity contribution in [3.63, 3.8) is 0 Å². The number of piperidine rings is 1. The molecule has 4 rings (SSSR count). The first-order chi connectivity index (χ1) is 16.0. The van der Waals surface area contributed by atoms with Crippen molar-refractivity contribution in [2.45, 2.75) is 45.4 Å². The predicted molar refractivity (Wildman–Crippen MR) is 130 cm³/mol. The number of benzene rings is 2. The number of nitrogens with one attached hydrogen (secondary N) is 2. The third kappa shape index (κ3) is 4.56. The van der Waals surface area contributed by atoms with Crippen LogP contribution in [-0.2, 0) is 11.3 Å². The third-order valence-corrected chi connectivity index (χ3v) is 6.69. The molecule has 0 radical (unpaired) electrons. The SMILES string of the molecule is CCO[C@@H]1CCN(Cc2c(OC)cc(C)c3[nH]ccc23)[C@H](c2ccc(C(=O)O)cc2NC)C1. The van der Waals surface area contributed by atoms with Crippen LogP contribution in [0.25, 0.3) is 10.9 Å². The number of nitrogens with zero attached hydrogens (tertiary/aromatic N) is 1. The number of carboxylic acid groups (broad SMARTS) is 1. The number of likely N-dealkylation sites (tertiary alicyclic amines) is 1. The Labute approximate surface area is 194 Å². The lowest BCUT2D eigenvalue weighted by molar-refractivity contribution is -0.0136. The first kappa shape index (κ1) is 23.1. The van der Waals surface area contributed by atoms with Crippen LogP contribution in [0.4, 0.5) is 5.69 Å². The number of hydrogen-bond donors (Lipinski definition) is 3. The fraction of sp³-hybridized carbons (Fsp3) is 0.423. The van der Waals surface area contributed by atoms with E-state index in [1.54, 1.807) is 19.2 Å². The fourth-order valence-corrected chi connectivity index (χ4v) is 5.06. The van der Waals surface area contributed by atoms with Crippen LogP contribution in [0, 0.1) is 6.92 Å². The van der Waals surface area contributed by atoms with Gasteiger partial charge in [-0.1, -0.05) is 6.07 Å². The van der Waals surface area contributed by atoms with Gasteiger partial charge in [0, 0.05) is 61.1 Å². The molecule has 0 unspecified atom stereocenters. The molecule has 1 aliphatic rings. The molecule has 7 heteroatoms. The smallest absolute Gasteiger partial charge is 0.335 e. The van der Waals surface area contributed by atoms with E-state index in [-0.39, 0.29) is 17.7 Å². The van der Waals surface area contributed by atoms with Gasteiger partial charge in [0.25, 0.3) is 0 Å². The Kier molecular flexibility index (Phi) is 6.91. The van der Waals surface area contributed by atoms with Crippen molar-refractivity contribution in [1.29, 1.82) is 0 Å². The van der Waals surface area contributed by atoms with Crippen LogP contribution in [0.1, 0.15) is 52.9 Å². The van der Waals surface area contributed by atoms with Crippen molar-refractivity contribution in [2.24, 2.45) is 0 Å². The van der Waals surface area contributed by atoms with Gasteiger partial charge in [0.15, 0.2) is 0 Å². The second-order valence-corrected chi connectivity index (χ2v) is 8.59. The molecule has 2 heterocycles. The monoisotopic (exact) mass is 451 g/mol. The van der Waals surface area contributed by atoms with Gasteiger partial charge in [-0.15, -0.1) is 0 Å². The van der Waals surface area contributed by atoms with Gasteiger partial charge in [0.1, 0.15) is 5.75 Å². The molecule has 3 N–H and O–H groups in total. The Morgan fingerprint density at radius 2 is 2.12 bits per heavy atom. The minimum Gasteiger partial charge on any atom is -0.496 e. The topological polar surface area (TPSA) is 86.8 Å². The number of fused-ring (bicyclic) bond motifs is 1. The molecule has 2 atom stereocenters. The summed E-state index contributed by atoms with van der Waals surface area (Å²) >= 11 is 0. The molecule has 7 nitrogen and oxygen atoms in total. The molecule has 0 amide bonds.